The van der Waals surface area contributed by atoms with Gasteiger partial charge in [-0.05, 0) is 54.4 Å². The lowest BCUT2D eigenvalue weighted by atomic mass is 9.81. The Hall–Kier alpha value is -2.45. The molecule has 0 aliphatic carbocycles. The Bertz CT molecular complexity index is 1020. The van der Waals surface area contributed by atoms with Crippen LogP contribution in [0.2, 0.25) is 0 Å². The van der Waals surface area contributed by atoms with Crippen molar-refractivity contribution in [2.75, 3.05) is 32.1 Å². The Balaban J connectivity index is 1.74. The lowest BCUT2D eigenvalue weighted by Crippen LogP contribution is -2.42. The number of nitrogens with zero attached hydrogens (tertiary/aromatic N) is 2. The Morgan fingerprint density at radius 3 is 2.52 bits per heavy atom. The van der Waals surface area contributed by atoms with Crippen LogP contribution in [0.3, 0.4) is 0 Å². The van der Waals surface area contributed by atoms with Crippen LogP contribution in [0.5, 0.6) is 5.75 Å². The topological polar surface area (TPSA) is 66.9 Å². The molecule has 1 atom stereocenters. The molecule has 1 amide bonds. The molecular weight excluding hydrogens is 371 g/mol. The second kappa shape index (κ2) is 6.03. The van der Waals surface area contributed by atoms with Crippen molar-refractivity contribution in [3.63, 3.8) is 0 Å². The first-order valence-electron chi connectivity index (χ1n) is 8.52. The van der Waals surface area contributed by atoms with Crippen LogP contribution in [0.25, 0.3) is 0 Å². The first-order chi connectivity index (χ1) is 12.8. The predicted molar refractivity (Wildman–Crippen MR) is 97.9 cm³/mol. The van der Waals surface area contributed by atoms with E-state index in [1.807, 2.05) is 12.1 Å². The third-order valence-corrected chi connectivity index (χ3v) is 7.34. The molecule has 0 bridgehead atoms. The van der Waals surface area contributed by atoms with Crippen LogP contribution in [-0.4, -0.2) is 45.9 Å². The second-order valence-corrected chi connectivity index (χ2v) is 8.81. The van der Waals surface area contributed by atoms with Gasteiger partial charge in [-0.15, -0.1) is 0 Å². The van der Waals surface area contributed by atoms with Crippen molar-refractivity contribution in [3.8, 4) is 5.75 Å². The fraction of sp³-hybridized carbons (Fsp3) is 0.316. The lowest BCUT2D eigenvalue weighted by Gasteiger charge is -2.23. The minimum atomic E-state index is -3.81. The van der Waals surface area contributed by atoms with E-state index in [-0.39, 0.29) is 23.9 Å². The van der Waals surface area contributed by atoms with Crippen LogP contribution >= 0.6 is 0 Å². The molecule has 2 aromatic carbocycles. The SMILES string of the molecule is COc1ccc2c(c1)C1(CCN(S(=O)(=O)c3ccc(F)cc3)C1)C(=O)N2C. The molecule has 6 nitrogen and oxygen atoms in total. The van der Waals surface area contributed by atoms with Gasteiger partial charge in [-0.25, -0.2) is 12.8 Å². The standard InChI is InChI=1S/C19H19FN2O4S/c1-21-17-8-5-14(26-2)11-16(17)19(18(21)23)9-10-22(12-19)27(24,25)15-6-3-13(20)4-7-15/h3-8,11H,9-10,12H2,1-2H3. The molecule has 2 aromatic rings. The number of likely N-dealkylation sites (N-methyl/N-ethyl adjacent to an activating group) is 1. The van der Waals surface area contributed by atoms with Crippen LogP contribution < -0.4 is 9.64 Å². The number of carbonyl (C=O) groups excluding carboxylic acids is 1. The van der Waals surface area contributed by atoms with Crippen LogP contribution in [-0.2, 0) is 20.2 Å². The van der Waals surface area contributed by atoms with Gasteiger partial charge in [0, 0.05) is 25.8 Å². The second-order valence-electron chi connectivity index (χ2n) is 6.87. The highest BCUT2D eigenvalue weighted by atomic mass is 32.2. The number of rotatable bonds is 3. The number of ether oxygens (including phenoxy) is 1. The van der Waals surface area contributed by atoms with Gasteiger partial charge in [-0.2, -0.15) is 4.31 Å². The van der Waals surface area contributed by atoms with Crippen molar-refractivity contribution in [3.05, 3.63) is 53.8 Å². The molecule has 2 aliphatic heterocycles. The zero-order valence-corrected chi connectivity index (χ0v) is 15.8. The molecule has 27 heavy (non-hydrogen) atoms. The van der Waals surface area contributed by atoms with Gasteiger partial charge in [0.15, 0.2) is 0 Å². The van der Waals surface area contributed by atoms with Crippen molar-refractivity contribution in [2.45, 2.75) is 16.7 Å². The van der Waals surface area contributed by atoms with Gasteiger partial charge in [-0.1, -0.05) is 0 Å². The number of anilines is 1. The van der Waals surface area contributed by atoms with E-state index in [1.54, 1.807) is 25.1 Å². The summed E-state index contributed by atoms with van der Waals surface area (Å²) in [4.78, 5) is 14.6. The van der Waals surface area contributed by atoms with E-state index in [0.717, 1.165) is 23.4 Å². The summed E-state index contributed by atoms with van der Waals surface area (Å²) in [5, 5.41) is 0. The third kappa shape index (κ3) is 2.55. The van der Waals surface area contributed by atoms with Gasteiger partial charge in [0.05, 0.1) is 17.4 Å². The summed E-state index contributed by atoms with van der Waals surface area (Å²) in [5.41, 5.74) is 0.624. The highest BCUT2D eigenvalue weighted by Gasteiger charge is 2.55. The summed E-state index contributed by atoms with van der Waals surface area (Å²) in [6, 6.07) is 10.1. The lowest BCUT2D eigenvalue weighted by molar-refractivity contribution is -0.122. The predicted octanol–water partition coefficient (Wildman–Crippen LogP) is 2.14. The van der Waals surface area contributed by atoms with Gasteiger partial charge in [-0.3, -0.25) is 4.79 Å². The maximum Gasteiger partial charge on any atom is 0.243 e. The monoisotopic (exact) mass is 390 g/mol. The van der Waals surface area contributed by atoms with Gasteiger partial charge in [0.2, 0.25) is 15.9 Å². The van der Waals surface area contributed by atoms with E-state index >= 15 is 0 Å². The molecule has 0 N–H and O–H groups in total. The number of sulfonamides is 1. The fourth-order valence-corrected chi connectivity index (χ4v) is 5.49. The van der Waals surface area contributed by atoms with Gasteiger partial charge < -0.3 is 9.64 Å². The summed E-state index contributed by atoms with van der Waals surface area (Å²) in [6.07, 6.45) is 0.386. The number of benzene rings is 2. The average Bonchev–Trinajstić information content (AvgIpc) is 3.21. The summed E-state index contributed by atoms with van der Waals surface area (Å²) >= 11 is 0. The minimum absolute atomic E-state index is 0.0191. The quantitative estimate of drug-likeness (QED) is 0.805. The van der Waals surface area contributed by atoms with Gasteiger partial charge in [0.1, 0.15) is 11.6 Å². The average molecular weight is 390 g/mol. The third-order valence-electron chi connectivity index (χ3n) is 5.48. The molecule has 142 valence electrons. The van der Waals surface area contributed by atoms with E-state index in [2.05, 4.69) is 0 Å². The Labute approximate surface area is 157 Å². The number of methoxy groups -OCH3 is 1. The van der Waals surface area contributed by atoms with Crippen molar-refractivity contribution >= 4 is 21.6 Å². The van der Waals surface area contributed by atoms with Crippen molar-refractivity contribution < 1.29 is 22.3 Å². The number of hydrogen-bond acceptors (Lipinski definition) is 4. The first-order valence-corrected chi connectivity index (χ1v) is 9.96. The van der Waals surface area contributed by atoms with Crippen molar-refractivity contribution in [2.24, 2.45) is 0 Å². The van der Waals surface area contributed by atoms with Crippen LogP contribution in [0.4, 0.5) is 10.1 Å². The molecule has 2 aliphatic rings. The molecule has 8 heteroatoms. The summed E-state index contributed by atoms with van der Waals surface area (Å²) in [5.74, 6) is -0.000846. The smallest absolute Gasteiger partial charge is 0.243 e. The summed E-state index contributed by atoms with van der Waals surface area (Å²) in [6.45, 7) is 0.270. The molecule has 1 fully saturated rings. The number of halogens is 1. The molecule has 4 rings (SSSR count). The molecule has 2 heterocycles. The van der Waals surface area contributed by atoms with Crippen LogP contribution in [0.15, 0.2) is 47.4 Å². The van der Waals surface area contributed by atoms with Crippen LogP contribution in [0.1, 0.15) is 12.0 Å². The molecule has 0 saturated carbocycles. The van der Waals surface area contributed by atoms with E-state index in [4.69, 9.17) is 4.74 Å². The molecule has 1 saturated heterocycles. The normalized spacial score (nSPS) is 22.5. The Morgan fingerprint density at radius 2 is 1.85 bits per heavy atom. The zero-order valence-electron chi connectivity index (χ0n) is 15.0. The maximum atomic E-state index is 13.2. The van der Waals surface area contributed by atoms with E-state index in [9.17, 15) is 17.6 Å². The van der Waals surface area contributed by atoms with Crippen molar-refractivity contribution in [1.82, 2.24) is 4.31 Å². The zero-order chi connectivity index (χ0) is 19.4. The summed E-state index contributed by atoms with van der Waals surface area (Å²) in [7, 11) is -0.569. The minimum Gasteiger partial charge on any atom is -0.497 e. The highest BCUT2D eigenvalue weighted by Crippen LogP contribution is 2.48. The Morgan fingerprint density at radius 1 is 1.15 bits per heavy atom. The van der Waals surface area contributed by atoms with E-state index < -0.39 is 21.3 Å². The largest absolute Gasteiger partial charge is 0.497 e. The molecule has 0 aromatic heterocycles. The molecular formula is C19H19FN2O4S. The van der Waals surface area contributed by atoms with E-state index in [0.29, 0.717) is 12.2 Å². The fourth-order valence-electron chi connectivity index (χ4n) is 3.99. The first kappa shape index (κ1) is 17.9. The Kier molecular flexibility index (Phi) is 4.01. The summed E-state index contributed by atoms with van der Waals surface area (Å²) < 4.78 is 45.7. The maximum absolute atomic E-state index is 13.2. The molecule has 0 radical (unpaired) electrons. The molecule has 1 unspecified atom stereocenters. The van der Waals surface area contributed by atoms with Gasteiger partial charge in [0.25, 0.3) is 0 Å². The molecule has 1 spiro atoms. The van der Waals surface area contributed by atoms with Crippen LogP contribution in [0, 0.1) is 5.82 Å². The highest BCUT2D eigenvalue weighted by molar-refractivity contribution is 7.89. The van der Waals surface area contributed by atoms with E-state index in [1.165, 1.54) is 16.4 Å². The number of fused-ring (bicyclic) bond motifs is 2. The number of amides is 1. The number of carbonyl (C=O) groups is 1. The number of hydrogen-bond donors (Lipinski definition) is 0. The van der Waals surface area contributed by atoms with Gasteiger partial charge >= 0.3 is 0 Å². The van der Waals surface area contributed by atoms with Crippen molar-refractivity contribution in [1.29, 1.82) is 0 Å².